The Hall–Kier alpha value is -8.04. The molecule has 0 radical (unpaired) electrons. The maximum Gasteiger partial charge on any atom is 0.488 e. The summed E-state index contributed by atoms with van der Waals surface area (Å²) >= 11 is 3.48. The van der Waals surface area contributed by atoms with E-state index in [2.05, 4.69) is 158 Å². The van der Waals surface area contributed by atoms with Gasteiger partial charge in [-0.2, -0.15) is 0 Å². The summed E-state index contributed by atoms with van der Waals surface area (Å²) < 4.78 is 4.73. The van der Waals surface area contributed by atoms with Gasteiger partial charge in [0.25, 0.3) is 0 Å². The minimum absolute atomic E-state index is 0.201. The number of hydrogen-bond donors (Lipinski definition) is 6. The number of halogens is 1. The van der Waals surface area contributed by atoms with Crippen molar-refractivity contribution in [3.63, 3.8) is 0 Å². The number of nitrogens with one attached hydrogen (secondary N) is 4. The van der Waals surface area contributed by atoms with Gasteiger partial charge in [0, 0.05) is 102 Å². The molecule has 0 saturated heterocycles. The minimum atomic E-state index is -1.55. The Morgan fingerprint density at radius 1 is 0.676 bits per heavy atom. The van der Waals surface area contributed by atoms with Crippen LogP contribution in [0.2, 0.25) is 0 Å². The fourth-order valence-corrected chi connectivity index (χ4v) is 7.93. The van der Waals surface area contributed by atoms with Gasteiger partial charge in [0.1, 0.15) is 16.3 Å². The average Bonchev–Trinajstić information content (AvgIpc) is 4.18. The fourth-order valence-electron chi connectivity index (χ4n) is 7.55. The first kappa shape index (κ1) is 46.5. The van der Waals surface area contributed by atoms with E-state index < -0.39 is 7.12 Å². The molecule has 68 heavy (non-hydrogen) atoms. The van der Waals surface area contributed by atoms with Crippen molar-refractivity contribution in [2.45, 2.75) is 52.4 Å². The number of aromatic amines is 2. The Kier molecular flexibility index (Phi) is 14.4. The van der Waals surface area contributed by atoms with Gasteiger partial charge in [-0.15, -0.1) is 20.4 Å². The van der Waals surface area contributed by atoms with Crippen LogP contribution in [-0.2, 0) is 12.8 Å². The normalized spacial score (nSPS) is 11.0. The zero-order chi connectivity index (χ0) is 47.7. The van der Waals surface area contributed by atoms with Crippen molar-refractivity contribution in [1.29, 1.82) is 0 Å². The first-order valence-corrected chi connectivity index (χ1v) is 22.6. The maximum absolute atomic E-state index is 8.66. The third-order valence-corrected chi connectivity index (χ3v) is 11.3. The Balaban J connectivity index is 0.000000154. The van der Waals surface area contributed by atoms with Gasteiger partial charge >= 0.3 is 7.12 Å². The lowest BCUT2D eigenvalue weighted by Gasteiger charge is -2.11. The van der Waals surface area contributed by atoms with Gasteiger partial charge < -0.3 is 30.6 Å². The van der Waals surface area contributed by atoms with E-state index in [9.17, 15) is 0 Å². The number of hydrogen-bond acceptors (Lipinski definition) is 12. The number of rotatable bonds is 12. The third-order valence-electron chi connectivity index (χ3n) is 10.9. The van der Waals surface area contributed by atoms with Crippen LogP contribution in [0.1, 0.15) is 62.3 Å². The Morgan fingerprint density at radius 3 is 1.74 bits per heavy atom. The van der Waals surface area contributed by atoms with Crippen LogP contribution in [0, 0.1) is 13.1 Å². The number of benzene rings is 2. The number of aromatic nitrogens is 12. The molecule has 2 aromatic carbocycles. The van der Waals surface area contributed by atoms with Crippen molar-refractivity contribution in [3.8, 4) is 11.3 Å². The molecule has 0 saturated carbocycles. The van der Waals surface area contributed by atoms with Gasteiger partial charge in [-0.1, -0.05) is 70.2 Å². The molecular formula is C48H46BBrN16O2. The highest BCUT2D eigenvalue weighted by Gasteiger charge is 2.18. The minimum Gasteiger partial charge on any atom is -0.423 e. The molecule has 0 atom stereocenters. The van der Waals surface area contributed by atoms with E-state index in [1.54, 1.807) is 18.5 Å². The molecule has 6 N–H and O–H groups in total. The molecule has 340 valence electrons. The molecular weight excluding hydrogens is 923 g/mol. The molecule has 0 aliphatic heterocycles. The second-order valence-corrected chi connectivity index (χ2v) is 17.1. The maximum atomic E-state index is 8.66. The van der Waals surface area contributed by atoms with Crippen LogP contribution in [-0.4, -0.2) is 89.4 Å². The highest BCUT2D eigenvalue weighted by atomic mass is 79.9. The lowest BCUT2D eigenvalue weighted by Crippen LogP contribution is -2.29. The summed E-state index contributed by atoms with van der Waals surface area (Å²) in [6, 6.07) is 19.8. The quantitative estimate of drug-likeness (QED) is 0.0502. The predicted molar refractivity (Wildman–Crippen MR) is 268 cm³/mol. The number of nitrogens with zero attached hydrogens (tertiary/aromatic N) is 12. The van der Waals surface area contributed by atoms with Gasteiger partial charge in [0.15, 0.2) is 11.6 Å². The zero-order valence-corrected chi connectivity index (χ0v) is 39.2. The second kappa shape index (κ2) is 21.1. The van der Waals surface area contributed by atoms with Crippen LogP contribution in [0.25, 0.3) is 54.0 Å². The molecule has 10 aromatic rings. The summed E-state index contributed by atoms with van der Waals surface area (Å²) in [5, 5.41) is 44.1. The first-order valence-electron chi connectivity index (χ1n) is 21.8. The lowest BCUT2D eigenvalue weighted by atomic mass is 9.81. The van der Waals surface area contributed by atoms with Crippen molar-refractivity contribution in [2.75, 3.05) is 23.7 Å². The summed E-state index contributed by atoms with van der Waals surface area (Å²) in [5.74, 6) is 3.69. The van der Waals surface area contributed by atoms with Crippen molar-refractivity contribution < 1.29 is 10.0 Å². The molecule has 8 aromatic heterocycles. The van der Waals surface area contributed by atoms with Crippen molar-refractivity contribution in [3.05, 3.63) is 160 Å². The number of pyridine rings is 2. The molecule has 20 heteroatoms. The van der Waals surface area contributed by atoms with Crippen LogP contribution >= 0.6 is 15.9 Å². The van der Waals surface area contributed by atoms with E-state index in [1.807, 2.05) is 33.3 Å². The molecule has 18 nitrogen and oxygen atoms in total. The van der Waals surface area contributed by atoms with E-state index in [0.29, 0.717) is 41.0 Å². The smallest absolute Gasteiger partial charge is 0.423 e. The van der Waals surface area contributed by atoms with Gasteiger partial charge in [-0.05, 0) is 63.6 Å². The van der Waals surface area contributed by atoms with Gasteiger partial charge in [0.2, 0.25) is 22.7 Å². The van der Waals surface area contributed by atoms with Crippen LogP contribution in [0.15, 0.2) is 115 Å². The van der Waals surface area contributed by atoms with E-state index >= 15 is 0 Å². The van der Waals surface area contributed by atoms with Crippen LogP contribution in [0.4, 0.5) is 23.0 Å². The molecule has 0 amide bonds. The van der Waals surface area contributed by atoms with Gasteiger partial charge in [-0.3, -0.25) is 18.8 Å². The Morgan fingerprint density at radius 2 is 1.19 bits per heavy atom. The molecule has 0 unspecified atom stereocenters. The molecule has 8 heterocycles. The number of anilines is 2. The van der Waals surface area contributed by atoms with Gasteiger partial charge in [0.05, 0.1) is 18.8 Å². The summed E-state index contributed by atoms with van der Waals surface area (Å²) in [7, 11) is -1.55. The predicted octanol–water partition coefficient (Wildman–Crippen LogP) is 8.45. The van der Waals surface area contributed by atoms with Crippen LogP contribution in [0.5, 0.6) is 0 Å². The molecule has 0 fully saturated rings. The zero-order valence-electron chi connectivity index (χ0n) is 37.6. The SMILES string of the molecule is CC(C)c1nnc2c(NCCc3c[nH]c4ccccc34)nc(Br)cn12.[C-]#[N+]c1cncc(-c2cn3c(C(C)C)nnc3c(NCCc3c[nH]c4ccccc34)n2)c1.[C-]#[N+]c1cncc(B(O)O)c1. The average molecular weight is 970 g/mol. The largest absolute Gasteiger partial charge is 0.488 e. The number of para-hydroxylation sites is 2. The summed E-state index contributed by atoms with van der Waals surface area (Å²) in [4.78, 5) is 30.4. The van der Waals surface area contributed by atoms with Crippen molar-refractivity contribution >= 4 is 84.6 Å². The third kappa shape index (κ3) is 10.5. The summed E-state index contributed by atoms with van der Waals surface area (Å²) in [6.07, 6.45) is 15.6. The summed E-state index contributed by atoms with van der Waals surface area (Å²) in [5.41, 5.74) is 8.79. The molecule has 0 aliphatic rings. The molecule has 10 rings (SSSR count). The molecule has 0 spiro atoms. The lowest BCUT2D eigenvalue weighted by molar-refractivity contribution is 0.425. The van der Waals surface area contributed by atoms with E-state index in [-0.39, 0.29) is 11.4 Å². The second-order valence-electron chi connectivity index (χ2n) is 16.3. The van der Waals surface area contributed by atoms with E-state index in [4.69, 9.17) is 28.2 Å². The highest BCUT2D eigenvalue weighted by molar-refractivity contribution is 9.10. The van der Waals surface area contributed by atoms with Crippen LogP contribution in [0.3, 0.4) is 0 Å². The first-order chi connectivity index (χ1) is 33.0. The number of H-pyrrole nitrogens is 2. The highest BCUT2D eigenvalue weighted by Crippen LogP contribution is 2.28. The van der Waals surface area contributed by atoms with E-state index in [1.165, 1.54) is 45.9 Å². The molecule has 0 aliphatic carbocycles. The topological polar surface area (TPSA) is 217 Å². The van der Waals surface area contributed by atoms with E-state index in [0.717, 1.165) is 58.2 Å². The number of fused-ring (bicyclic) bond motifs is 4. The summed E-state index contributed by atoms with van der Waals surface area (Å²) in [6.45, 7) is 23.7. The monoisotopic (exact) mass is 968 g/mol. The fraction of sp³-hybridized carbons (Fsp3) is 0.208. The van der Waals surface area contributed by atoms with Crippen molar-refractivity contribution in [2.24, 2.45) is 0 Å². The Bertz CT molecular complexity index is 3440. The Labute approximate surface area is 399 Å². The van der Waals surface area contributed by atoms with Crippen molar-refractivity contribution in [1.82, 2.24) is 59.1 Å². The molecule has 0 bridgehead atoms. The standard InChI is InChI=1S/C24H22N8.C18H19BrN6.C6H5BN2O2/c1-15(2)23-30-31-24-22(27-9-8-16-12-28-20-7-5-4-6-19(16)20)29-21(14-32(23)24)17-10-18(25-3)13-26-11-17;1-11(2)17-23-24-18-16(22-15(19)10-25(17)18)20-8-7-12-9-21-14-6-4-3-5-13(12)14;1-8-6-2-5(7(10)11)3-9-4-6/h4-7,10-15,28H,8-9H2,1-2H3,(H,27,29);3-6,9-11,21H,7-8H2,1-2H3,(H,20,22);2-4,10-11H. The van der Waals surface area contributed by atoms with Crippen LogP contribution < -0.4 is 16.1 Å². The van der Waals surface area contributed by atoms with Gasteiger partial charge in [-0.25, -0.2) is 19.7 Å².